The van der Waals surface area contributed by atoms with Crippen molar-refractivity contribution in [3.05, 3.63) is 56.7 Å². The molecule has 0 spiro atoms. The van der Waals surface area contributed by atoms with E-state index in [-0.39, 0.29) is 10.6 Å². The Morgan fingerprint density at radius 3 is 2.40 bits per heavy atom. The molecular weight excluding hydrogens is 310 g/mol. The Bertz CT molecular complexity index is 662. The number of hydrogen-bond donors (Lipinski definition) is 2. The fourth-order valence-corrected chi connectivity index (χ4v) is 2.20. The average molecular weight is 317 g/mol. The van der Waals surface area contributed by atoms with Crippen molar-refractivity contribution in [2.75, 3.05) is 0 Å². The smallest absolute Gasteiger partial charge is 0.267 e. The maximum atomic E-state index is 13.0. The van der Waals surface area contributed by atoms with Gasteiger partial charge < -0.3 is 0 Å². The highest BCUT2D eigenvalue weighted by molar-refractivity contribution is 7.12. The maximum absolute atomic E-state index is 13.0. The van der Waals surface area contributed by atoms with Crippen molar-refractivity contribution in [1.82, 2.24) is 10.9 Å². The molecule has 1 aromatic carbocycles. The van der Waals surface area contributed by atoms with Crippen LogP contribution in [0.3, 0.4) is 0 Å². The number of hydrogen-bond acceptors (Lipinski definition) is 3. The Morgan fingerprint density at radius 1 is 1.10 bits per heavy atom. The molecule has 2 amide bonds. The highest BCUT2D eigenvalue weighted by atomic mass is 35.5. The summed E-state index contributed by atoms with van der Waals surface area (Å²) in [7, 11) is 0. The zero-order valence-corrected chi connectivity index (χ0v) is 11.3. The average Bonchev–Trinajstić information content (AvgIpc) is 2.94. The summed E-state index contributed by atoms with van der Waals surface area (Å²) in [4.78, 5) is 23.7. The molecule has 8 heteroatoms. The number of rotatable bonds is 2. The van der Waals surface area contributed by atoms with Crippen molar-refractivity contribution in [3.63, 3.8) is 0 Å². The van der Waals surface area contributed by atoms with Gasteiger partial charge in [-0.25, -0.2) is 8.78 Å². The van der Waals surface area contributed by atoms with E-state index in [1.807, 2.05) is 0 Å². The van der Waals surface area contributed by atoms with Crippen LogP contribution in [0.25, 0.3) is 0 Å². The summed E-state index contributed by atoms with van der Waals surface area (Å²) in [5.41, 5.74) is 3.93. The molecule has 0 atom stereocenters. The van der Waals surface area contributed by atoms with Gasteiger partial charge in [0.15, 0.2) is 11.6 Å². The lowest BCUT2D eigenvalue weighted by Gasteiger charge is -2.08. The van der Waals surface area contributed by atoms with Gasteiger partial charge in [0.25, 0.3) is 11.8 Å². The van der Waals surface area contributed by atoms with E-state index in [0.29, 0.717) is 17.0 Å². The van der Waals surface area contributed by atoms with Crippen LogP contribution in [0.2, 0.25) is 5.02 Å². The van der Waals surface area contributed by atoms with Gasteiger partial charge in [0.05, 0.1) is 15.5 Å². The molecule has 0 radical (unpaired) electrons. The highest BCUT2D eigenvalue weighted by Crippen LogP contribution is 2.19. The van der Waals surface area contributed by atoms with E-state index >= 15 is 0 Å². The minimum absolute atomic E-state index is 0.258. The summed E-state index contributed by atoms with van der Waals surface area (Å²) in [5, 5.41) is 1.44. The van der Waals surface area contributed by atoms with Gasteiger partial charge in [-0.1, -0.05) is 17.7 Å². The fourth-order valence-electron chi connectivity index (χ4n) is 1.35. The van der Waals surface area contributed by atoms with Crippen LogP contribution in [0.15, 0.2) is 29.6 Å². The summed E-state index contributed by atoms with van der Waals surface area (Å²) < 4.78 is 25.9. The maximum Gasteiger partial charge on any atom is 0.279 e. The molecule has 0 aliphatic rings. The number of hydrazine groups is 1. The van der Waals surface area contributed by atoms with Crippen LogP contribution in [0, 0.1) is 11.6 Å². The molecule has 1 heterocycles. The van der Waals surface area contributed by atoms with Crippen molar-refractivity contribution in [1.29, 1.82) is 0 Å². The second-order valence-electron chi connectivity index (χ2n) is 3.63. The van der Waals surface area contributed by atoms with Gasteiger partial charge in [-0.2, -0.15) is 0 Å². The molecule has 0 saturated heterocycles. The lowest BCUT2D eigenvalue weighted by molar-refractivity contribution is 0.0848. The van der Waals surface area contributed by atoms with Gasteiger partial charge >= 0.3 is 0 Å². The Hall–Kier alpha value is -1.99. The lowest BCUT2D eigenvalue weighted by Crippen LogP contribution is -2.41. The Labute approximate surface area is 121 Å². The van der Waals surface area contributed by atoms with Crippen molar-refractivity contribution in [2.45, 2.75) is 0 Å². The second kappa shape index (κ2) is 5.98. The molecule has 4 nitrogen and oxygen atoms in total. The van der Waals surface area contributed by atoms with Gasteiger partial charge in [0.1, 0.15) is 0 Å². The van der Waals surface area contributed by atoms with E-state index in [2.05, 4.69) is 10.9 Å². The molecule has 104 valence electrons. The molecule has 2 rings (SSSR count). The molecule has 1 aromatic heterocycles. The first-order valence-corrected chi connectivity index (χ1v) is 6.53. The third-order valence-corrected chi connectivity index (χ3v) is 3.47. The van der Waals surface area contributed by atoms with Crippen molar-refractivity contribution < 1.29 is 18.4 Å². The summed E-state index contributed by atoms with van der Waals surface area (Å²) in [6, 6.07) is 4.58. The molecule has 0 fully saturated rings. The number of benzene rings is 1. The largest absolute Gasteiger partial charge is 0.279 e. The number of halogens is 3. The summed E-state index contributed by atoms with van der Waals surface area (Å²) in [6.45, 7) is 0. The molecule has 0 aliphatic heterocycles. The predicted octanol–water partition coefficient (Wildman–Crippen LogP) is 2.75. The van der Waals surface area contributed by atoms with E-state index in [1.54, 1.807) is 17.5 Å². The third kappa shape index (κ3) is 3.12. The van der Waals surface area contributed by atoms with Crippen LogP contribution in [-0.2, 0) is 0 Å². The second-order valence-corrected chi connectivity index (χ2v) is 4.99. The number of carbonyl (C=O) groups is 2. The minimum Gasteiger partial charge on any atom is -0.267 e. The van der Waals surface area contributed by atoms with Crippen LogP contribution in [0.1, 0.15) is 20.0 Å². The molecule has 2 N–H and O–H groups in total. The first kappa shape index (κ1) is 14.4. The van der Waals surface area contributed by atoms with Crippen LogP contribution in [0.4, 0.5) is 8.78 Å². The Balaban J connectivity index is 2.06. The van der Waals surface area contributed by atoms with E-state index in [4.69, 9.17) is 11.6 Å². The molecular formula is C12H7ClF2N2O2S. The fraction of sp³-hybridized carbons (Fsp3) is 0. The van der Waals surface area contributed by atoms with E-state index in [9.17, 15) is 18.4 Å². The van der Waals surface area contributed by atoms with Gasteiger partial charge in [0, 0.05) is 0 Å². The number of carbonyl (C=O) groups excluding carboxylic acids is 2. The topological polar surface area (TPSA) is 58.2 Å². The SMILES string of the molecule is O=C(NNC(=O)c1cc(F)c(F)cc1Cl)c1cccs1. The zero-order valence-electron chi connectivity index (χ0n) is 9.75. The normalized spacial score (nSPS) is 10.2. The Kier molecular flexibility index (Phi) is 4.31. The first-order chi connectivity index (χ1) is 9.49. The molecule has 0 saturated carbocycles. The van der Waals surface area contributed by atoms with Crippen LogP contribution in [-0.4, -0.2) is 11.8 Å². The van der Waals surface area contributed by atoms with E-state index < -0.39 is 23.4 Å². The lowest BCUT2D eigenvalue weighted by atomic mass is 10.2. The molecule has 0 unspecified atom stereocenters. The predicted molar refractivity (Wildman–Crippen MR) is 70.6 cm³/mol. The minimum atomic E-state index is -1.20. The molecule has 0 bridgehead atoms. The number of amides is 2. The van der Waals surface area contributed by atoms with E-state index in [1.165, 1.54) is 11.3 Å². The quantitative estimate of drug-likeness (QED) is 0.661. The molecule has 2 aromatic rings. The van der Waals surface area contributed by atoms with Crippen LogP contribution < -0.4 is 10.9 Å². The van der Waals surface area contributed by atoms with Crippen LogP contribution in [0.5, 0.6) is 0 Å². The number of thiophene rings is 1. The van der Waals surface area contributed by atoms with Gasteiger partial charge in [-0.3, -0.25) is 20.4 Å². The summed E-state index contributed by atoms with van der Waals surface area (Å²) in [6.07, 6.45) is 0. The van der Waals surface area contributed by atoms with Gasteiger partial charge in [0.2, 0.25) is 0 Å². The number of nitrogens with one attached hydrogen (secondary N) is 2. The van der Waals surface area contributed by atoms with Crippen LogP contribution >= 0.6 is 22.9 Å². The van der Waals surface area contributed by atoms with Gasteiger partial charge in [-0.15, -0.1) is 11.3 Å². The summed E-state index contributed by atoms with van der Waals surface area (Å²) in [5.74, 6) is -3.73. The van der Waals surface area contributed by atoms with E-state index in [0.717, 1.165) is 0 Å². The van der Waals surface area contributed by atoms with Crippen molar-refractivity contribution >= 4 is 34.8 Å². The third-order valence-electron chi connectivity index (χ3n) is 2.29. The molecule has 20 heavy (non-hydrogen) atoms. The van der Waals surface area contributed by atoms with Crippen molar-refractivity contribution in [3.8, 4) is 0 Å². The highest BCUT2D eigenvalue weighted by Gasteiger charge is 2.16. The van der Waals surface area contributed by atoms with Gasteiger partial charge in [-0.05, 0) is 23.6 Å². The first-order valence-electron chi connectivity index (χ1n) is 5.28. The Morgan fingerprint density at radius 2 is 1.75 bits per heavy atom. The molecule has 0 aliphatic carbocycles. The monoisotopic (exact) mass is 316 g/mol. The standard InChI is InChI=1S/C12H7ClF2N2O2S/c13-7-5-9(15)8(14)4-6(7)11(18)16-17-12(19)10-2-1-3-20-10/h1-5H,(H,16,18)(H,17,19). The van der Waals surface area contributed by atoms with Crippen molar-refractivity contribution in [2.24, 2.45) is 0 Å². The zero-order chi connectivity index (χ0) is 14.7. The summed E-state index contributed by atoms with van der Waals surface area (Å²) >= 11 is 6.82.